The number of nitrogens with one attached hydrogen (secondary N) is 2. The topological polar surface area (TPSA) is 52.6 Å². The van der Waals surface area contributed by atoms with Crippen LogP contribution in [0.2, 0.25) is 0 Å². The second kappa shape index (κ2) is 8.80. The van der Waals surface area contributed by atoms with E-state index in [1.807, 2.05) is 7.05 Å². The van der Waals surface area contributed by atoms with Crippen LogP contribution in [0.5, 0.6) is 0 Å². The number of aromatic nitrogens is 1. The van der Waals surface area contributed by atoms with E-state index in [2.05, 4.69) is 41.3 Å². The van der Waals surface area contributed by atoms with Gasteiger partial charge in [-0.15, -0.1) is 35.3 Å². The van der Waals surface area contributed by atoms with E-state index in [4.69, 9.17) is 4.98 Å². The van der Waals surface area contributed by atoms with Gasteiger partial charge < -0.3 is 10.6 Å². The van der Waals surface area contributed by atoms with Gasteiger partial charge in [0.2, 0.25) is 0 Å². The lowest BCUT2D eigenvalue weighted by Crippen LogP contribution is -2.44. The summed E-state index contributed by atoms with van der Waals surface area (Å²) < 4.78 is 0. The molecule has 7 heteroatoms. The van der Waals surface area contributed by atoms with Crippen LogP contribution in [-0.4, -0.2) is 48.1 Å². The van der Waals surface area contributed by atoms with E-state index in [0.717, 1.165) is 30.1 Å². The Balaban J connectivity index is 0.00000208. The number of likely N-dealkylation sites (tertiary alicyclic amines) is 1. The van der Waals surface area contributed by atoms with Gasteiger partial charge in [0.05, 0.1) is 12.2 Å². The molecule has 24 heavy (non-hydrogen) atoms. The zero-order valence-electron chi connectivity index (χ0n) is 15.1. The second-order valence-corrected chi connectivity index (χ2v) is 8.27. The Kier molecular flexibility index (Phi) is 7.30. The predicted molar refractivity (Wildman–Crippen MR) is 113 cm³/mol. The van der Waals surface area contributed by atoms with Crippen LogP contribution in [0.4, 0.5) is 0 Å². The molecule has 1 aromatic heterocycles. The molecule has 5 nitrogen and oxygen atoms in total. The summed E-state index contributed by atoms with van der Waals surface area (Å²) in [6, 6.07) is 1.38. The maximum absolute atomic E-state index is 4.76. The minimum atomic E-state index is 0. The summed E-state index contributed by atoms with van der Waals surface area (Å²) in [6.07, 6.45) is 3.99. The fourth-order valence-corrected chi connectivity index (χ4v) is 4.33. The first-order valence-corrected chi connectivity index (χ1v) is 9.56. The Morgan fingerprint density at radius 3 is 2.71 bits per heavy atom. The van der Waals surface area contributed by atoms with Gasteiger partial charge in [0.15, 0.2) is 5.96 Å². The van der Waals surface area contributed by atoms with Crippen molar-refractivity contribution in [3.8, 4) is 0 Å². The summed E-state index contributed by atoms with van der Waals surface area (Å²) in [4.78, 5) is 13.1. The van der Waals surface area contributed by atoms with Crippen LogP contribution in [0, 0.1) is 6.92 Å². The number of hydrogen-bond donors (Lipinski definition) is 2. The molecule has 2 N–H and O–H groups in total. The highest BCUT2D eigenvalue weighted by atomic mass is 127. The molecule has 1 saturated heterocycles. The molecule has 0 bridgehead atoms. The molecule has 1 unspecified atom stereocenters. The molecule has 1 saturated carbocycles. The van der Waals surface area contributed by atoms with Gasteiger partial charge in [-0.1, -0.05) is 13.8 Å². The van der Waals surface area contributed by atoms with Crippen molar-refractivity contribution >= 4 is 41.3 Å². The Bertz CT molecular complexity index is 567. The van der Waals surface area contributed by atoms with Crippen molar-refractivity contribution in [2.45, 2.75) is 64.6 Å². The van der Waals surface area contributed by atoms with E-state index >= 15 is 0 Å². The number of aryl methyl sites for hydroxylation is 1. The van der Waals surface area contributed by atoms with Crippen molar-refractivity contribution < 1.29 is 0 Å². The van der Waals surface area contributed by atoms with Gasteiger partial charge >= 0.3 is 0 Å². The van der Waals surface area contributed by atoms with E-state index in [9.17, 15) is 0 Å². The second-order valence-electron chi connectivity index (χ2n) is 6.99. The Labute approximate surface area is 166 Å². The molecule has 1 aliphatic carbocycles. The van der Waals surface area contributed by atoms with E-state index in [1.54, 1.807) is 11.3 Å². The SMILES string of the molecule is CN=C(NCc1nc(C(C)C)c(C)s1)NC1CCN(C2CC2)C1.I. The third-order valence-electron chi connectivity index (χ3n) is 4.68. The Morgan fingerprint density at radius 2 is 2.12 bits per heavy atom. The molecule has 3 rings (SSSR count). The molecule has 2 heterocycles. The first-order valence-electron chi connectivity index (χ1n) is 8.74. The summed E-state index contributed by atoms with van der Waals surface area (Å²) in [5.74, 6) is 1.39. The Morgan fingerprint density at radius 1 is 1.38 bits per heavy atom. The molecule has 0 radical (unpaired) electrons. The molecular weight excluding hydrogens is 433 g/mol. The van der Waals surface area contributed by atoms with Crippen molar-refractivity contribution in [1.29, 1.82) is 0 Å². The van der Waals surface area contributed by atoms with Crippen LogP contribution in [0.3, 0.4) is 0 Å². The Hall–Kier alpha value is -0.410. The van der Waals surface area contributed by atoms with Gasteiger partial charge in [0.1, 0.15) is 5.01 Å². The molecular formula is C17H30IN5S. The third-order valence-corrected chi connectivity index (χ3v) is 5.66. The lowest BCUT2D eigenvalue weighted by molar-refractivity contribution is 0.321. The lowest BCUT2D eigenvalue weighted by atomic mass is 10.1. The summed E-state index contributed by atoms with van der Waals surface area (Å²) in [5.41, 5.74) is 1.23. The highest BCUT2D eigenvalue weighted by Gasteiger charge is 2.34. The molecule has 2 fully saturated rings. The number of halogens is 1. The van der Waals surface area contributed by atoms with Gasteiger partial charge in [-0.3, -0.25) is 9.89 Å². The largest absolute Gasteiger partial charge is 0.352 e. The molecule has 136 valence electrons. The maximum atomic E-state index is 4.76. The monoisotopic (exact) mass is 463 g/mol. The molecule has 2 aliphatic rings. The van der Waals surface area contributed by atoms with E-state index in [1.165, 1.54) is 36.4 Å². The average molecular weight is 463 g/mol. The van der Waals surface area contributed by atoms with E-state index in [0.29, 0.717) is 12.0 Å². The predicted octanol–water partition coefficient (Wildman–Crippen LogP) is 3.09. The summed E-state index contributed by atoms with van der Waals surface area (Å²) in [6.45, 7) is 9.68. The highest BCUT2D eigenvalue weighted by Crippen LogP contribution is 2.29. The smallest absolute Gasteiger partial charge is 0.191 e. The molecule has 0 amide bonds. The van der Waals surface area contributed by atoms with Crippen LogP contribution < -0.4 is 10.6 Å². The van der Waals surface area contributed by atoms with Crippen LogP contribution in [0.25, 0.3) is 0 Å². The number of hydrogen-bond acceptors (Lipinski definition) is 4. The van der Waals surface area contributed by atoms with Gasteiger partial charge in [0, 0.05) is 37.1 Å². The normalized spacial score (nSPS) is 21.9. The number of nitrogens with zero attached hydrogens (tertiary/aromatic N) is 3. The highest BCUT2D eigenvalue weighted by molar-refractivity contribution is 14.0. The van der Waals surface area contributed by atoms with Crippen LogP contribution >= 0.6 is 35.3 Å². The van der Waals surface area contributed by atoms with Crippen molar-refractivity contribution in [1.82, 2.24) is 20.5 Å². The molecule has 1 atom stereocenters. The summed E-state index contributed by atoms with van der Waals surface area (Å²) >= 11 is 1.79. The summed E-state index contributed by atoms with van der Waals surface area (Å²) in [5, 5.41) is 8.13. The zero-order valence-corrected chi connectivity index (χ0v) is 18.3. The minimum absolute atomic E-state index is 0. The van der Waals surface area contributed by atoms with Gasteiger partial charge in [-0.05, 0) is 32.1 Å². The third kappa shape index (κ3) is 5.05. The molecule has 1 aliphatic heterocycles. The standard InChI is InChI=1S/C17H29N5S.HI/c1-11(2)16-12(3)23-15(21-16)9-19-17(18-4)20-13-7-8-22(10-13)14-5-6-14;/h11,13-14H,5-10H2,1-4H3,(H2,18,19,20);1H. The number of rotatable bonds is 5. The quantitative estimate of drug-likeness (QED) is 0.401. The number of thiazole rings is 1. The molecule has 0 aromatic carbocycles. The van der Waals surface area contributed by atoms with Gasteiger partial charge in [-0.25, -0.2) is 4.98 Å². The molecule has 0 spiro atoms. The maximum Gasteiger partial charge on any atom is 0.191 e. The minimum Gasteiger partial charge on any atom is -0.352 e. The van der Waals surface area contributed by atoms with Crippen molar-refractivity contribution in [2.75, 3.05) is 20.1 Å². The van der Waals surface area contributed by atoms with Crippen LogP contribution in [0.15, 0.2) is 4.99 Å². The first kappa shape index (κ1) is 19.9. The number of guanidine groups is 1. The fraction of sp³-hybridized carbons (Fsp3) is 0.765. The van der Waals surface area contributed by atoms with E-state index in [-0.39, 0.29) is 24.0 Å². The fourth-order valence-electron chi connectivity index (χ4n) is 3.30. The van der Waals surface area contributed by atoms with Crippen LogP contribution in [-0.2, 0) is 6.54 Å². The number of aliphatic imine (C=N–C) groups is 1. The lowest BCUT2D eigenvalue weighted by Gasteiger charge is -2.18. The molecule has 1 aromatic rings. The van der Waals surface area contributed by atoms with Crippen molar-refractivity contribution in [3.63, 3.8) is 0 Å². The summed E-state index contributed by atoms with van der Waals surface area (Å²) in [7, 11) is 1.84. The van der Waals surface area contributed by atoms with Crippen molar-refractivity contribution in [2.24, 2.45) is 4.99 Å². The van der Waals surface area contributed by atoms with E-state index < -0.39 is 0 Å². The van der Waals surface area contributed by atoms with Gasteiger partial charge in [0.25, 0.3) is 0 Å². The van der Waals surface area contributed by atoms with Crippen LogP contribution in [0.1, 0.15) is 54.6 Å². The first-order chi connectivity index (χ1) is 11.1. The van der Waals surface area contributed by atoms with Gasteiger partial charge in [-0.2, -0.15) is 0 Å². The average Bonchev–Trinajstić information content (AvgIpc) is 3.15. The van der Waals surface area contributed by atoms with Crippen molar-refractivity contribution in [3.05, 3.63) is 15.6 Å². The zero-order chi connectivity index (χ0) is 16.4.